The Bertz CT molecular complexity index is 559. The summed E-state index contributed by atoms with van der Waals surface area (Å²) in [7, 11) is 0. The second-order valence-electron chi connectivity index (χ2n) is 4.56. The Morgan fingerprint density at radius 1 is 0.944 bits per heavy atom. The topological polar surface area (TPSA) is 0 Å². The van der Waals surface area contributed by atoms with E-state index in [9.17, 15) is 0 Å². The molecule has 2 aromatic rings. The molecule has 0 saturated carbocycles. The van der Waals surface area contributed by atoms with Crippen LogP contribution in [0.25, 0.3) is 11.1 Å². The zero-order valence-corrected chi connectivity index (χ0v) is 13.8. The first-order valence-electron chi connectivity index (χ1n) is 6.04. The van der Waals surface area contributed by atoms with Gasteiger partial charge in [0.2, 0.25) is 0 Å². The van der Waals surface area contributed by atoms with E-state index in [2.05, 4.69) is 82.1 Å². The third-order valence-corrected chi connectivity index (χ3v) is 4.01. The summed E-state index contributed by atoms with van der Waals surface area (Å²) in [5.41, 5.74) is 6.70. The molecule has 94 valence electrons. The maximum atomic E-state index is 3.58. The summed E-state index contributed by atoms with van der Waals surface area (Å²) in [5, 5.41) is 0.993. The lowest BCUT2D eigenvalue weighted by Crippen LogP contribution is -1.93. The summed E-state index contributed by atoms with van der Waals surface area (Å²) < 4.78 is 1.14. The Hall–Kier alpha value is -0.600. The summed E-state index contributed by atoms with van der Waals surface area (Å²) in [4.78, 5) is 0. The Balaban J connectivity index is 2.61. The molecule has 18 heavy (non-hydrogen) atoms. The summed E-state index contributed by atoms with van der Waals surface area (Å²) in [6, 6.07) is 13.2. The Labute approximate surface area is 126 Å². The highest BCUT2D eigenvalue weighted by Crippen LogP contribution is 2.31. The van der Waals surface area contributed by atoms with Crippen LogP contribution in [0.15, 0.2) is 40.9 Å². The molecule has 0 saturated heterocycles. The summed E-state index contributed by atoms with van der Waals surface area (Å²) in [5.74, 6) is 0. The fourth-order valence-corrected chi connectivity index (χ4v) is 2.93. The Kier molecular flexibility index (Phi) is 4.63. The first kappa shape index (κ1) is 13.8. The second kappa shape index (κ2) is 6.03. The van der Waals surface area contributed by atoms with Crippen molar-refractivity contribution in [2.24, 2.45) is 0 Å². The van der Waals surface area contributed by atoms with Gasteiger partial charge in [0.05, 0.1) is 0 Å². The molecule has 2 heteroatoms. The van der Waals surface area contributed by atoms with Gasteiger partial charge in [0.15, 0.2) is 0 Å². The molecule has 2 aromatic carbocycles. The minimum absolute atomic E-state index is 0.993. The Morgan fingerprint density at radius 3 is 2.44 bits per heavy atom. The Morgan fingerprint density at radius 2 is 1.72 bits per heavy atom. The molecule has 0 bridgehead atoms. The van der Waals surface area contributed by atoms with Gasteiger partial charge in [0, 0.05) is 9.80 Å². The summed E-state index contributed by atoms with van der Waals surface area (Å²) in [6.07, 6.45) is 1.05. The minimum Gasteiger partial charge on any atom is -0.0924 e. The standard InChI is InChI=1S/C16H16Br2/c1-11-3-4-12(2)15(9-11)16-10-14(18)6-5-13(16)7-8-17/h3-6,9-10H,7-8H2,1-2H3. The molecule has 2 rings (SSSR count). The molecule has 0 unspecified atom stereocenters. The molecule has 0 atom stereocenters. The minimum atomic E-state index is 0.993. The van der Waals surface area contributed by atoms with E-state index in [0.29, 0.717) is 0 Å². The van der Waals surface area contributed by atoms with Gasteiger partial charge in [-0.3, -0.25) is 0 Å². The van der Waals surface area contributed by atoms with Crippen molar-refractivity contribution >= 4 is 31.9 Å². The largest absolute Gasteiger partial charge is 0.0924 e. The number of hydrogen-bond acceptors (Lipinski definition) is 0. The lowest BCUT2D eigenvalue weighted by molar-refractivity contribution is 1.17. The summed E-state index contributed by atoms with van der Waals surface area (Å²) in [6.45, 7) is 4.32. The van der Waals surface area contributed by atoms with E-state index in [4.69, 9.17) is 0 Å². The van der Waals surface area contributed by atoms with E-state index in [-0.39, 0.29) is 0 Å². The smallest absolute Gasteiger partial charge is 0.0181 e. The molecule has 0 heterocycles. The lowest BCUT2D eigenvalue weighted by atomic mass is 9.93. The lowest BCUT2D eigenvalue weighted by Gasteiger charge is -2.13. The van der Waals surface area contributed by atoms with Crippen LogP contribution in [0, 0.1) is 13.8 Å². The van der Waals surface area contributed by atoms with Crippen molar-refractivity contribution < 1.29 is 0 Å². The van der Waals surface area contributed by atoms with E-state index in [1.165, 1.54) is 27.8 Å². The molecule has 0 nitrogen and oxygen atoms in total. The number of benzene rings is 2. The van der Waals surface area contributed by atoms with Gasteiger partial charge in [-0.1, -0.05) is 61.7 Å². The van der Waals surface area contributed by atoms with Crippen LogP contribution >= 0.6 is 31.9 Å². The SMILES string of the molecule is Cc1ccc(C)c(-c2cc(Br)ccc2CCBr)c1. The van der Waals surface area contributed by atoms with Crippen molar-refractivity contribution in [2.75, 3.05) is 5.33 Å². The van der Waals surface area contributed by atoms with E-state index in [1.54, 1.807) is 0 Å². The molecule has 0 spiro atoms. The monoisotopic (exact) mass is 366 g/mol. The highest BCUT2D eigenvalue weighted by Gasteiger charge is 2.08. The average molecular weight is 368 g/mol. The third kappa shape index (κ3) is 3.04. The van der Waals surface area contributed by atoms with Gasteiger partial charge < -0.3 is 0 Å². The normalized spacial score (nSPS) is 10.7. The number of halogens is 2. The third-order valence-electron chi connectivity index (χ3n) is 3.12. The molecule has 0 aromatic heterocycles. The van der Waals surface area contributed by atoms with E-state index in [1.807, 2.05) is 0 Å². The zero-order chi connectivity index (χ0) is 13.1. The predicted molar refractivity (Wildman–Crippen MR) is 86.6 cm³/mol. The highest BCUT2D eigenvalue weighted by atomic mass is 79.9. The van der Waals surface area contributed by atoms with E-state index >= 15 is 0 Å². The second-order valence-corrected chi connectivity index (χ2v) is 6.27. The van der Waals surface area contributed by atoms with Gasteiger partial charge in [0.1, 0.15) is 0 Å². The van der Waals surface area contributed by atoms with Crippen LogP contribution in [0.3, 0.4) is 0 Å². The van der Waals surface area contributed by atoms with Crippen molar-refractivity contribution in [3.05, 3.63) is 57.6 Å². The van der Waals surface area contributed by atoms with Crippen LogP contribution in [-0.4, -0.2) is 5.33 Å². The molecule has 0 radical (unpaired) electrons. The molecule has 0 aliphatic heterocycles. The summed E-state index contributed by atoms with van der Waals surface area (Å²) >= 11 is 7.11. The van der Waals surface area contributed by atoms with Crippen molar-refractivity contribution in [1.82, 2.24) is 0 Å². The van der Waals surface area contributed by atoms with Crippen LogP contribution in [0.2, 0.25) is 0 Å². The van der Waals surface area contributed by atoms with Gasteiger partial charge in [-0.15, -0.1) is 0 Å². The van der Waals surface area contributed by atoms with Crippen LogP contribution in [0.5, 0.6) is 0 Å². The molecular weight excluding hydrogens is 352 g/mol. The number of rotatable bonds is 3. The van der Waals surface area contributed by atoms with Crippen molar-refractivity contribution in [3.63, 3.8) is 0 Å². The molecule has 0 fully saturated rings. The van der Waals surface area contributed by atoms with E-state index < -0.39 is 0 Å². The average Bonchev–Trinajstić information content (AvgIpc) is 2.35. The predicted octanol–water partition coefficient (Wildman–Crippen LogP) is 5.67. The quantitative estimate of drug-likeness (QED) is 0.613. The molecule has 0 amide bonds. The van der Waals surface area contributed by atoms with Gasteiger partial charge in [-0.05, 0) is 54.7 Å². The maximum absolute atomic E-state index is 3.58. The number of aryl methyl sites for hydroxylation is 3. The van der Waals surface area contributed by atoms with Gasteiger partial charge >= 0.3 is 0 Å². The van der Waals surface area contributed by atoms with Gasteiger partial charge in [-0.2, -0.15) is 0 Å². The van der Waals surface area contributed by atoms with Crippen LogP contribution in [0.1, 0.15) is 16.7 Å². The maximum Gasteiger partial charge on any atom is 0.0181 e. The van der Waals surface area contributed by atoms with Gasteiger partial charge in [-0.25, -0.2) is 0 Å². The van der Waals surface area contributed by atoms with Crippen molar-refractivity contribution in [3.8, 4) is 11.1 Å². The molecular formula is C16H16Br2. The van der Waals surface area contributed by atoms with E-state index in [0.717, 1.165) is 16.2 Å². The van der Waals surface area contributed by atoms with Crippen LogP contribution < -0.4 is 0 Å². The van der Waals surface area contributed by atoms with Gasteiger partial charge in [0.25, 0.3) is 0 Å². The first-order chi connectivity index (χ1) is 8.61. The highest BCUT2D eigenvalue weighted by molar-refractivity contribution is 9.10. The number of alkyl halides is 1. The van der Waals surface area contributed by atoms with Crippen LogP contribution in [-0.2, 0) is 6.42 Å². The molecule has 0 N–H and O–H groups in total. The van der Waals surface area contributed by atoms with Crippen molar-refractivity contribution in [2.45, 2.75) is 20.3 Å². The van der Waals surface area contributed by atoms with Crippen molar-refractivity contribution in [1.29, 1.82) is 0 Å². The fraction of sp³-hybridized carbons (Fsp3) is 0.250. The molecule has 0 aliphatic carbocycles. The fourth-order valence-electron chi connectivity index (χ4n) is 2.15. The molecule has 0 aliphatic rings. The number of hydrogen-bond donors (Lipinski definition) is 0. The zero-order valence-electron chi connectivity index (χ0n) is 10.6. The first-order valence-corrected chi connectivity index (χ1v) is 7.95. The van der Waals surface area contributed by atoms with Crippen LogP contribution in [0.4, 0.5) is 0 Å².